The molecule has 1 aliphatic heterocycles. The summed E-state index contributed by atoms with van der Waals surface area (Å²) in [4.78, 5) is 37.0. The lowest BCUT2D eigenvalue weighted by Gasteiger charge is -2.28. The maximum atomic E-state index is 13.4. The smallest absolute Gasteiger partial charge is 0.327 e. The second-order valence-electron chi connectivity index (χ2n) is 10.3. The van der Waals surface area contributed by atoms with E-state index in [0.29, 0.717) is 54.0 Å². The molecule has 1 saturated carbocycles. The predicted octanol–water partition coefficient (Wildman–Crippen LogP) is 3.95. The van der Waals surface area contributed by atoms with Crippen molar-refractivity contribution in [3.8, 4) is 11.8 Å². The lowest BCUT2D eigenvalue weighted by Crippen LogP contribution is -2.40. The average molecular weight is 488 g/mol. The minimum atomic E-state index is -1.05. The zero-order valence-corrected chi connectivity index (χ0v) is 20.6. The van der Waals surface area contributed by atoms with Crippen molar-refractivity contribution >= 4 is 23.5 Å². The van der Waals surface area contributed by atoms with Gasteiger partial charge in [-0.3, -0.25) is 9.59 Å². The van der Waals surface area contributed by atoms with Gasteiger partial charge in [0.15, 0.2) is 0 Å². The summed E-state index contributed by atoms with van der Waals surface area (Å²) in [5.74, 6) is -1.03. The lowest BCUT2D eigenvalue weighted by molar-refractivity contribution is -0.131. The van der Waals surface area contributed by atoms with E-state index in [4.69, 9.17) is 9.84 Å². The van der Waals surface area contributed by atoms with E-state index >= 15 is 0 Å². The van der Waals surface area contributed by atoms with Gasteiger partial charge >= 0.3 is 5.97 Å². The minimum Gasteiger partial charge on any atom is -0.493 e. The number of allylic oxidation sites excluding steroid dienone is 1. The largest absolute Gasteiger partial charge is 0.493 e. The van der Waals surface area contributed by atoms with Crippen LogP contribution in [0.2, 0.25) is 0 Å². The van der Waals surface area contributed by atoms with E-state index in [1.54, 1.807) is 30.3 Å². The summed E-state index contributed by atoms with van der Waals surface area (Å²) in [6.45, 7) is 6.24. The molecule has 0 unspecified atom stereocenters. The van der Waals surface area contributed by atoms with Gasteiger partial charge in [0.05, 0.1) is 18.2 Å². The van der Waals surface area contributed by atoms with Gasteiger partial charge in [-0.25, -0.2) is 4.79 Å². The van der Waals surface area contributed by atoms with Gasteiger partial charge < -0.3 is 20.5 Å². The number of nitrogens with one attached hydrogen (secondary N) is 2. The summed E-state index contributed by atoms with van der Waals surface area (Å²) >= 11 is 0. The molecule has 1 spiro atoms. The number of nitrogens with zero attached hydrogens (tertiary/aromatic N) is 1. The van der Waals surface area contributed by atoms with E-state index in [1.807, 2.05) is 26.8 Å². The van der Waals surface area contributed by atoms with Crippen molar-refractivity contribution in [3.63, 3.8) is 0 Å². The van der Waals surface area contributed by atoms with Gasteiger partial charge in [0.1, 0.15) is 5.75 Å². The van der Waals surface area contributed by atoms with Gasteiger partial charge in [-0.1, -0.05) is 12.1 Å². The number of hydrogen-bond donors (Lipinski definition) is 3. The Balaban J connectivity index is 1.57. The molecule has 0 radical (unpaired) electrons. The fourth-order valence-electron chi connectivity index (χ4n) is 4.75. The maximum Gasteiger partial charge on any atom is 0.327 e. The first-order valence-electron chi connectivity index (χ1n) is 11.9. The molecule has 8 heteroatoms. The second kappa shape index (κ2) is 9.50. The Morgan fingerprint density at radius 3 is 2.69 bits per heavy atom. The number of hydrogen-bond acceptors (Lipinski definition) is 5. The van der Waals surface area contributed by atoms with Gasteiger partial charge in [0.25, 0.3) is 5.91 Å². The summed E-state index contributed by atoms with van der Waals surface area (Å²) in [6.07, 6.45) is 4.13. The van der Waals surface area contributed by atoms with Crippen molar-refractivity contribution in [1.29, 1.82) is 5.26 Å². The molecule has 3 N–H and O–H groups in total. The number of aliphatic carboxylic acids is 1. The predicted molar refractivity (Wildman–Crippen MR) is 134 cm³/mol. The second-order valence-corrected chi connectivity index (χ2v) is 10.3. The standard InChI is InChI=1S/C28H29N3O5/c1-27(2,3)31-25(34)19-9-10-23-20(14-19)28(11-12-36-23)15-21(28)26(35)30-22-13-17(16-29)7-8-18(22)5-4-6-24(32)33/h4,6-10,13-14,21H,5,11-12,15H2,1-3H3,(H,30,35)(H,31,34)(H,32,33)/t21-,28-/m0/s1. The number of ether oxygens (including phenoxy) is 1. The molecule has 2 atom stereocenters. The van der Waals surface area contributed by atoms with Crippen molar-refractivity contribution in [2.45, 2.75) is 51.0 Å². The van der Waals surface area contributed by atoms with Crippen molar-refractivity contribution < 1.29 is 24.2 Å². The number of nitriles is 1. The van der Waals surface area contributed by atoms with Crippen LogP contribution in [0.1, 0.15) is 60.7 Å². The molecule has 186 valence electrons. The van der Waals surface area contributed by atoms with E-state index in [-0.39, 0.29) is 23.3 Å². The molecule has 2 aliphatic rings. The molecule has 1 aliphatic carbocycles. The van der Waals surface area contributed by atoms with Crippen molar-refractivity contribution in [2.75, 3.05) is 11.9 Å². The average Bonchev–Trinajstić information content (AvgIpc) is 3.53. The molecule has 1 heterocycles. The Hall–Kier alpha value is -4.12. The van der Waals surface area contributed by atoms with E-state index in [1.165, 1.54) is 6.08 Å². The molecular weight excluding hydrogens is 458 g/mol. The molecule has 4 rings (SSSR count). The minimum absolute atomic E-state index is 0.175. The Morgan fingerprint density at radius 2 is 2.00 bits per heavy atom. The highest BCUT2D eigenvalue weighted by atomic mass is 16.5. The number of benzene rings is 2. The van der Waals surface area contributed by atoms with Crippen LogP contribution in [0.3, 0.4) is 0 Å². The number of carbonyl (C=O) groups is 3. The van der Waals surface area contributed by atoms with Gasteiger partial charge in [0, 0.05) is 39.8 Å². The molecule has 8 nitrogen and oxygen atoms in total. The third kappa shape index (κ3) is 5.25. The molecule has 36 heavy (non-hydrogen) atoms. The number of anilines is 1. The van der Waals surface area contributed by atoms with Gasteiger partial charge in [-0.2, -0.15) is 5.26 Å². The first kappa shape index (κ1) is 25.0. The normalized spacial score (nSPS) is 20.2. The third-order valence-corrected chi connectivity index (χ3v) is 6.56. The van der Waals surface area contributed by atoms with Crippen LogP contribution in [0.4, 0.5) is 5.69 Å². The third-order valence-electron chi connectivity index (χ3n) is 6.56. The lowest BCUT2D eigenvalue weighted by atomic mass is 9.86. The SMILES string of the molecule is CC(C)(C)NC(=O)c1ccc2c(c1)[C@]1(CCO2)C[C@H]1C(=O)Nc1cc(C#N)ccc1CC=CC(=O)O. The van der Waals surface area contributed by atoms with E-state index in [9.17, 15) is 19.6 Å². The van der Waals surface area contributed by atoms with Crippen LogP contribution in [0.5, 0.6) is 5.75 Å². The van der Waals surface area contributed by atoms with Gasteiger partial charge in [0.2, 0.25) is 5.91 Å². The first-order valence-corrected chi connectivity index (χ1v) is 11.9. The summed E-state index contributed by atoms with van der Waals surface area (Å²) in [5, 5.41) is 24.1. The molecule has 2 aromatic carbocycles. The zero-order chi connectivity index (χ0) is 26.1. The Kier molecular flexibility index (Phi) is 6.59. The molecule has 0 bridgehead atoms. The molecule has 0 aromatic heterocycles. The maximum absolute atomic E-state index is 13.4. The summed E-state index contributed by atoms with van der Waals surface area (Å²) in [6, 6.07) is 12.4. The highest BCUT2D eigenvalue weighted by Gasteiger charge is 2.61. The molecule has 0 saturated heterocycles. The monoisotopic (exact) mass is 487 g/mol. The Morgan fingerprint density at radius 1 is 1.22 bits per heavy atom. The molecule has 2 aromatic rings. The summed E-state index contributed by atoms with van der Waals surface area (Å²) in [7, 11) is 0. The number of rotatable bonds is 6. The number of carboxylic acids is 1. The quantitative estimate of drug-likeness (QED) is 0.529. The van der Waals surface area contributed by atoms with E-state index in [2.05, 4.69) is 16.7 Å². The van der Waals surface area contributed by atoms with Crippen LogP contribution in [-0.4, -0.2) is 35.0 Å². The van der Waals surface area contributed by atoms with Crippen LogP contribution in [0.15, 0.2) is 48.6 Å². The van der Waals surface area contributed by atoms with Crippen molar-refractivity contribution in [1.82, 2.24) is 5.32 Å². The number of carbonyl (C=O) groups excluding carboxylic acids is 2. The van der Waals surface area contributed by atoms with Crippen LogP contribution in [0, 0.1) is 17.2 Å². The van der Waals surface area contributed by atoms with Crippen molar-refractivity contribution in [3.05, 3.63) is 70.8 Å². The van der Waals surface area contributed by atoms with Gasteiger partial charge in [-0.05, 0) is 75.9 Å². The fraction of sp³-hybridized carbons (Fsp3) is 0.357. The Labute approximate surface area is 210 Å². The Bertz CT molecular complexity index is 1300. The topological polar surface area (TPSA) is 129 Å². The van der Waals surface area contributed by atoms with Crippen LogP contribution < -0.4 is 15.4 Å². The fourth-order valence-corrected chi connectivity index (χ4v) is 4.75. The van der Waals surface area contributed by atoms with E-state index < -0.39 is 11.4 Å². The molecule has 2 amide bonds. The highest BCUT2D eigenvalue weighted by Crippen LogP contribution is 2.61. The van der Waals surface area contributed by atoms with Crippen LogP contribution >= 0.6 is 0 Å². The first-order chi connectivity index (χ1) is 17.0. The molecule has 1 fully saturated rings. The number of amides is 2. The summed E-state index contributed by atoms with van der Waals surface area (Å²) < 4.78 is 5.84. The molecular formula is C28H29N3O5. The van der Waals surface area contributed by atoms with Gasteiger partial charge in [-0.15, -0.1) is 0 Å². The van der Waals surface area contributed by atoms with E-state index in [0.717, 1.165) is 11.6 Å². The highest BCUT2D eigenvalue weighted by molar-refractivity contribution is 5.98. The number of fused-ring (bicyclic) bond motifs is 2. The van der Waals surface area contributed by atoms with Crippen molar-refractivity contribution in [2.24, 2.45) is 5.92 Å². The van der Waals surface area contributed by atoms with Crippen LogP contribution in [0.25, 0.3) is 0 Å². The number of carboxylic acid groups (broad SMARTS) is 1. The van der Waals surface area contributed by atoms with Crippen LogP contribution in [-0.2, 0) is 21.4 Å². The zero-order valence-electron chi connectivity index (χ0n) is 20.6. The summed E-state index contributed by atoms with van der Waals surface area (Å²) in [5.41, 5.74) is 2.20.